The largest absolute Gasteiger partial charge is 0.495 e. The maximum Gasteiger partial charge on any atom is 0.243 e. The lowest BCUT2D eigenvalue weighted by atomic mass is 10.2. The highest BCUT2D eigenvalue weighted by molar-refractivity contribution is 7.92. The van der Waals surface area contributed by atoms with E-state index in [0.29, 0.717) is 24.5 Å². The van der Waals surface area contributed by atoms with E-state index in [1.165, 1.54) is 7.11 Å². The van der Waals surface area contributed by atoms with Crippen LogP contribution in [0.3, 0.4) is 0 Å². The average molecular weight is 420 g/mol. The fraction of sp³-hybridized carbons (Fsp3) is 0.381. The number of sulfonamides is 1. The number of rotatable bonds is 9. The van der Waals surface area contributed by atoms with Gasteiger partial charge in [-0.05, 0) is 43.7 Å². The molecule has 0 aliphatic rings. The predicted octanol–water partition coefficient (Wildman–Crippen LogP) is 2.41. The van der Waals surface area contributed by atoms with Gasteiger partial charge in [-0.3, -0.25) is 9.10 Å². The van der Waals surface area contributed by atoms with Gasteiger partial charge >= 0.3 is 0 Å². The zero-order chi connectivity index (χ0) is 21.6. The molecule has 0 aliphatic heterocycles. The van der Waals surface area contributed by atoms with E-state index in [-0.39, 0.29) is 5.91 Å². The number of amides is 1. The number of ether oxygens (including phenoxy) is 1. The third-order valence-corrected chi connectivity index (χ3v) is 5.83. The molecule has 29 heavy (non-hydrogen) atoms. The average Bonchev–Trinajstić information content (AvgIpc) is 2.67. The van der Waals surface area contributed by atoms with Gasteiger partial charge in [-0.15, -0.1) is 0 Å². The van der Waals surface area contributed by atoms with Gasteiger partial charge in [0.25, 0.3) is 0 Å². The van der Waals surface area contributed by atoms with E-state index in [1.807, 2.05) is 55.3 Å². The van der Waals surface area contributed by atoms with E-state index in [2.05, 4.69) is 5.32 Å². The summed E-state index contributed by atoms with van der Waals surface area (Å²) in [6.07, 6.45) is 1.09. The molecule has 1 atom stereocenters. The number of hydrogen-bond donors (Lipinski definition) is 1. The molecule has 0 aromatic heterocycles. The second-order valence-corrected chi connectivity index (χ2v) is 8.82. The number of methoxy groups -OCH3 is 1. The molecule has 0 aliphatic carbocycles. The Labute approximate surface area is 173 Å². The number of aryl methyl sites for hydroxylation is 1. The van der Waals surface area contributed by atoms with Gasteiger partial charge in [-0.25, -0.2) is 8.42 Å². The Morgan fingerprint density at radius 2 is 1.83 bits per heavy atom. The molecule has 0 spiro atoms. The van der Waals surface area contributed by atoms with Crippen molar-refractivity contribution in [2.75, 3.05) is 42.7 Å². The number of para-hydroxylation sites is 1. The monoisotopic (exact) mass is 419 g/mol. The normalized spacial score (nSPS) is 12.2. The van der Waals surface area contributed by atoms with Crippen LogP contribution in [0, 0.1) is 6.92 Å². The summed E-state index contributed by atoms with van der Waals surface area (Å²) >= 11 is 0. The molecule has 0 saturated carbocycles. The van der Waals surface area contributed by atoms with Crippen LogP contribution in [0.4, 0.5) is 11.4 Å². The molecule has 0 radical (unpaired) electrons. The predicted molar refractivity (Wildman–Crippen MR) is 117 cm³/mol. The maximum atomic E-state index is 12.7. The zero-order valence-electron chi connectivity index (χ0n) is 17.5. The molecule has 2 rings (SSSR count). The summed E-state index contributed by atoms with van der Waals surface area (Å²) in [5, 5.41) is 2.83. The summed E-state index contributed by atoms with van der Waals surface area (Å²) in [6, 6.07) is 14.1. The smallest absolute Gasteiger partial charge is 0.243 e. The molecule has 0 heterocycles. The first-order valence-corrected chi connectivity index (χ1v) is 11.2. The lowest BCUT2D eigenvalue weighted by Crippen LogP contribution is -2.49. The highest BCUT2D eigenvalue weighted by atomic mass is 32.2. The van der Waals surface area contributed by atoms with Crippen molar-refractivity contribution in [1.29, 1.82) is 0 Å². The molecule has 0 unspecified atom stereocenters. The highest BCUT2D eigenvalue weighted by Crippen LogP contribution is 2.32. The van der Waals surface area contributed by atoms with Crippen molar-refractivity contribution in [2.45, 2.75) is 19.9 Å². The van der Waals surface area contributed by atoms with Gasteiger partial charge in [0.15, 0.2) is 0 Å². The number of hydrogen-bond acceptors (Lipinski definition) is 5. The molecule has 2 aromatic rings. The summed E-state index contributed by atoms with van der Waals surface area (Å²) in [5.74, 6) is 0.0185. The van der Waals surface area contributed by atoms with Crippen molar-refractivity contribution >= 4 is 27.3 Å². The standard InChI is InChI=1S/C21H29N3O4S/c1-16-11-12-20(28-4)19(15-16)24(29(5,26)27)17(2)21(25)22-13-14-23(3)18-9-7-6-8-10-18/h6-12,15,17H,13-14H2,1-5H3,(H,22,25)/t17-/m0/s1. The molecular weight excluding hydrogens is 390 g/mol. The van der Waals surface area contributed by atoms with Gasteiger partial charge in [0.2, 0.25) is 15.9 Å². The van der Waals surface area contributed by atoms with Crippen LogP contribution in [-0.2, 0) is 14.8 Å². The van der Waals surface area contributed by atoms with Crippen molar-refractivity contribution in [3.8, 4) is 5.75 Å². The van der Waals surface area contributed by atoms with Crippen molar-refractivity contribution in [3.63, 3.8) is 0 Å². The first-order chi connectivity index (χ1) is 13.6. The van der Waals surface area contributed by atoms with Gasteiger partial charge in [0, 0.05) is 25.8 Å². The Kier molecular flexibility index (Phi) is 7.50. The van der Waals surface area contributed by atoms with Gasteiger partial charge < -0.3 is 15.0 Å². The minimum absolute atomic E-state index is 0.346. The summed E-state index contributed by atoms with van der Waals surface area (Å²) < 4.78 is 31.4. The molecule has 7 nitrogen and oxygen atoms in total. The van der Waals surface area contributed by atoms with E-state index in [4.69, 9.17) is 4.74 Å². The summed E-state index contributed by atoms with van der Waals surface area (Å²) in [4.78, 5) is 14.7. The summed E-state index contributed by atoms with van der Waals surface area (Å²) in [6.45, 7) is 4.40. The summed E-state index contributed by atoms with van der Waals surface area (Å²) in [5.41, 5.74) is 2.25. The van der Waals surface area contributed by atoms with Crippen molar-refractivity contribution in [2.24, 2.45) is 0 Å². The molecule has 1 amide bonds. The Hall–Kier alpha value is -2.74. The molecule has 1 N–H and O–H groups in total. The van der Waals surface area contributed by atoms with E-state index in [1.54, 1.807) is 19.1 Å². The Balaban J connectivity index is 2.13. The van der Waals surface area contributed by atoms with Crippen LogP contribution in [0.25, 0.3) is 0 Å². The number of benzene rings is 2. The van der Waals surface area contributed by atoms with E-state index < -0.39 is 16.1 Å². The molecule has 0 saturated heterocycles. The minimum Gasteiger partial charge on any atom is -0.495 e. The topological polar surface area (TPSA) is 79.0 Å². The number of carbonyl (C=O) groups excluding carboxylic acids is 1. The van der Waals surface area contributed by atoms with Gasteiger partial charge in [-0.2, -0.15) is 0 Å². The van der Waals surface area contributed by atoms with Crippen LogP contribution < -0.4 is 19.3 Å². The molecule has 0 bridgehead atoms. The second-order valence-electron chi connectivity index (χ2n) is 6.96. The van der Waals surface area contributed by atoms with Crippen LogP contribution in [0.2, 0.25) is 0 Å². The highest BCUT2D eigenvalue weighted by Gasteiger charge is 2.31. The van der Waals surface area contributed by atoms with Gasteiger partial charge in [-0.1, -0.05) is 24.3 Å². The van der Waals surface area contributed by atoms with Gasteiger partial charge in [0.1, 0.15) is 11.8 Å². The van der Waals surface area contributed by atoms with Crippen LogP contribution >= 0.6 is 0 Å². The SMILES string of the molecule is COc1ccc(C)cc1N([C@@H](C)C(=O)NCCN(C)c1ccccc1)S(C)(=O)=O. The molecule has 8 heteroatoms. The summed E-state index contributed by atoms with van der Waals surface area (Å²) in [7, 11) is -0.307. The van der Waals surface area contributed by atoms with E-state index in [0.717, 1.165) is 21.8 Å². The van der Waals surface area contributed by atoms with Crippen molar-refractivity contribution in [1.82, 2.24) is 5.32 Å². The van der Waals surface area contributed by atoms with Crippen molar-refractivity contribution < 1.29 is 17.9 Å². The Bertz CT molecular complexity index is 932. The number of likely N-dealkylation sites (N-methyl/N-ethyl adjacent to an activating group) is 1. The minimum atomic E-state index is -3.71. The molecular formula is C21H29N3O4S. The van der Waals surface area contributed by atoms with Crippen LogP contribution in [0.1, 0.15) is 12.5 Å². The lowest BCUT2D eigenvalue weighted by Gasteiger charge is -2.30. The zero-order valence-corrected chi connectivity index (χ0v) is 18.4. The third-order valence-electron chi connectivity index (χ3n) is 4.60. The molecule has 0 fully saturated rings. The first-order valence-electron chi connectivity index (χ1n) is 9.33. The van der Waals surface area contributed by atoms with Crippen LogP contribution in [0.15, 0.2) is 48.5 Å². The Morgan fingerprint density at radius 3 is 2.41 bits per heavy atom. The Morgan fingerprint density at radius 1 is 1.17 bits per heavy atom. The van der Waals surface area contributed by atoms with Crippen LogP contribution in [0.5, 0.6) is 5.75 Å². The molecule has 2 aromatic carbocycles. The number of nitrogens with zero attached hydrogens (tertiary/aromatic N) is 2. The fourth-order valence-corrected chi connectivity index (χ4v) is 4.23. The van der Waals surface area contributed by atoms with Crippen molar-refractivity contribution in [3.05, 3.63) is 54.1 Å². The van der Waals surface area contributed by atoms with Crippen LogP contribution in [-0.4, -0.2) is 53.9 Å². The first kappa shape index (κ1) is 22.5. The number of nitrogens with one attached hydrogen (secondary N) is 1. The number of anilines is 2. The van der Waals surface area contributed by atoms with Gasteiger partial charge in [0.05, 0.1) is 19.1 Å². The number of carbonyl (C=O) groups is 1. The second kappa shape index (κ2) is 9.65. The van der Waals surface area contributed by atoms with E-state index >= 15 is 0 Å². The lowest BCUT2D eigenvalue weighted by molar-refractivity contribution is -0.121. The third kappa shape index (κ3) is 5.87. The fourth-order valence-electron chi connectivity index (χ4n) is 3.06. The quantitative estimate of drug-likeness (QED) is 0.675. The molecule has 158 valence electrons. The van der Waals surface area contributed by atoms with E-state index in [9.17, 15) is 13.2 Å². The maximum absolute atomic E-state index is 12.7.